The third-order valence-corrected chi connectivity index (χ3v) is 0.943. The van der Waals surface area contributed by atoms with E-state index in [9.17, 15) is 4.79 Å². The molecule has 8 heavy (non-hydrogen) atoms. The number of ether oxygens (including phenoxy) is 1. The Bertz CT molecular complexity index is 151. The van der Waals surface area contributed by atoms with E-state index in [0.29, 0.717) is 0 Å². The van der Waals surface area contributed by atoms with E-state index in [1.165, 1.54) is 0 Å². The number of carbonyl (C=O) groups is 1. The van der Waals surface area contributed by atoms with Crippen LogP contribution in [0.15, 0.2) is 11.8 Å². The van der Waals surface area contributed by atoms with E-state index in [4.69, 9.17) is 5.73 Å². The van der Waals surface area contributed by atoms with E-state index in [1.807, 2.05) is 0 Å². The Kier molecular flexibility index (Phi) is 0.970. The highest BCUT2D eigenvalue weighted by Crippen LogP contribution is 2.06. The number of rotatable bonds is 0. The van der Waals surface area contributed by atoms with Gasteiger partial charge in [-0.1, -0.05) is 0 Å². The van der Waals surface area contributed by atoms with Crippen LogP contribution in [0.2, 0.25) is 0 Å². The van der Waals surface area contributed by atoms with Gasteiger partial charge in [0.15, 0.2) is 0 Å². The van der Waals surface area contributed by atoms with Crippen LogP contribution >= 0.6 is 0 Å². The van der Waals surface area contributed by atoms with E-state index >= 15 is 0 Å². The smallest absolute Gasteiger partial charge is 0.354 e. The van der Waals surface area contributed by atoms with Gasteiger partial charge in [-0.3, -0.25) is 0 Å². The molecule has 1 rings (SSSR count). The summed E-state index contributed by atoms with van der Waals surface area (Å²) in [6, 6.07) is 0. The fourth-order valence-corrected chi connectivity index (χ4v) is 0.592. The minimum absolute atomic E-state index is 0.137. The highest BCUT2D eigenvalue weighted by molar-refractivity contribution is 5.89. The molecule has 44 valence electrons. The largest absolute Gasteiger partial charge is 0.454 e. The van der Waals surface area contributed by atoms with Crippen LogP contribution in [-0.2, 0) is 9.53 Å². The van der Waals surface area contributed by atoms with Crippen LogP contribution in [-0.4, -0.2) is 12.1 Å². The van der Waals surface area contributed by atoms with Crippen molar-refractivity contribution >= 4 is 5.97 Å². The zero-order chi connectivity index (χ0) is 6.15. The fraction of sp³-hybridized carbons (Fsp3) is 0.400. The maximum absolute atomic E-state index is 10.4. The highest BCUT2D eigenvalue weighted by atomic mass is 16.5. The van der Waals surface area contributed by atoms with E-state index in [2.05, 4.69) is 4.74 Å². The average molecular weight is 113 g/mol. The van der Waals surface area contributed by atoms with Crippen LogP contribution in [0.4, 0.5) is 0 Å². The summed E-state index contributed by atoms with van der Waals surface area (Å²) in [5.41, 5.74) is 5.38. The molecule has 0 aromatic heterocycles. The number of esters is 1. The molecule has 3 heteroatoms. The molecular formula is C5H7NO2. The molecule has 0 saturated heterocycles. The van der Waals surface area contributed by atoms with Gasteiger partial charge in [0.2, 0.25) is 0 Å². The Hall–Kier alpha value is -0.990. The standard InChI is InChI=1S/C5H7NO2/c1-3-2-4(6)5(7)8-3/h2-3H,6H2,1H3/t3-/m0/s1. The van der Waals surface area contributed by atoms with E-state index in [1.54, 1.807) is 13.0 Å². The summed E-state index contributed by atoms with van der Waals surface area (Å²) in [4.78, 5) is 10.4. The van der Waals surface area contributed by atoms with Gasteiger partial charge in [0, 0.05) is 0 Å². The van der Waals surface area contributed by atoms with Crippen LogP contribution in [0.3, 0.4) is 0 Å². The van der Waals surface area contributed by atoms with Gasteiger partial charge < -0.3 is 10.5 Å². The fourth-order valence-electron chi connectivity index (χ4n) is 0.592. The quantitative estimate of drug-likeness (QED) is 0.441. The molecule has 1 aliphatic rings. The first-order valence-electron chi connectivity index (χ1n) is 2.38. The lowest BCUT2D eigenvalue weighted by atomic mass is 10.4. The summed E-state index contributed by atoms with van der Waals surface area (Å²) in [5.74, 6) is -0.405. The first kappa shape index (κ1) is 5.15. The van der Waals surface area contributed by atoms with Gasteiger partial charge >= 0.3 is 5.97 Å². The molecule has 0 amide bonds. The lowest BCUT2D eigenvalue weighted by Crippen LogP contribution is -2.08. The summed E-state index contributed by atoms with van der Waals surface area (Å²) in [6.07, 6.45) is 1.45. The van der Waals surface area contributed by atoms with Gasteiger partial charge in [-0.25, -0.2) is 4.79 Å². The molecule has 0 aromatic rings. The van der Waals surface area contributed by atoms with Crippen molar-refractivity contribution in [2.24, 2.45) is 5.73 Å². The molecule has 3 nitrogen and oxygen atoms in total. The summed E-state index contributed by atoms with van der Waals surface area (Å²) in [7, 11) is 0. The second kappa shape index (κ2) is 1.51. The lowest BCUT2D eigenvalue weighted by molar-refractivity contribution is -0.139. The number of hydrogen-bond acceptors (Lipinski definition) is 3. The molecule has 2 N–H and O–H groups in total. The van der Waals surface area contributed by atoms with Crippen molar-refractivity contribution in [3.05, 3.63) is 11.8 Å². The predicted molar refractivity (Wildman–Crippen MR) is 27.8 cm³/mol. The van der Waals surface area contributed by atoms with Crippen LogP contribution < -0.4 is 5.73 Å². The number of carbonyl (C=O) groups excluding carboxylic acids is 1. The van der Waals surface area contributed by atoms with Crippen LogP contribution in [0.25, 0.3) is 0 Å². The number of hydrogen-bond donors (Lipinski definition) is 1. The van der Waals surface area contributed by atoms with Gasteiger partial charge in [0.25, 0.3) is 0 Å². The second-order valence-corrected chi connectivity index (χ2v) is 1.73. The summed E-state index contributed by atoms with van der Waals surface area (Å²) < 4.78 is 4.62. The minimum atomic E-state index is -0.405. The van der Waals surface area contributed by atoms with Crippen LogP contribution in [0, 0.1) is 0 Å². The van der Waals surface area contributed by atoms with Crippen molar-refractivity contribution < 1.29 is 9.53 Å². The Labute approximate surface area is 47.1 Å². The van der Waals surface area contributed by atoms with Crippen molar-refractivity contribution in [2.45, 2.75) is 13.0 Å². The first-order valence-corrected chi connectivity index (χ1v) is 2.38. The van der Waals surface area contributed by atoms with Crippen LogP contribution in [0.1, 0.15) is 6.92 Å². The minimum Gasteiger partial charge on any atom is -0.454 e. The van der Waals surface area contributed by atoms with Crippen molar-refractivity contribution in [3.63, 3.8) is 0 Å². The molecule has 1 aliphatic heterocycles. The molecule has 0 saturated carbocycles. The van der Waals surface area contributed by atoms with Gasteiger partial charge in [-0.2, -0.15) is 0 Å². The topological polar surface area (TPSA) is 52.3 Å². The molecule has 0 bridgehead atoms. The molecular weight excluding hydrogens is 106 g/mol. The maximum Gasteiger partial charge on any atom is 0.354 e. The third-order valence-electron chi connectivity index (χ3n) is 0.943. The zero-order valence-corrected chi connectivity index (χ0v) is 4.55. The van der Waals surface area contributed by atoms with E-state index in [-0.39, 0.29) is 11.8 Å². The molecule has 0 spiro atoms. The molecule has 0 aliphatic carbocycles. The van der Waals surface area contributed by atoms with Crippen molar-refractivity contribution in [1.82, 2.24) is 0 Å². The summed E-state index contributed by atoms with van der Waals surface area (Å²) >= 11 is 0. The Balaban J connectivity index is 2.73. The normalized spacial score (nSPS) is 27.4. The van der Waals surface area contributed by atoms with Crippen molar-refractivity contribution in [3.8, 4) is 0 Å². The Morgan fingerprint density at radius 2 is 2.50 bits per heavy atom. The summed E-state index contributed by atoms with van der Waals surface area (Å²) in [5, 5.41) is 0. The monoisotopic (exact) mass is 113 g/mol. The predicted octanol–water partition coefficient (Wildman–Crippen LogP) is -0.226. The third kappa shape index (κ3) is 0.665. The van der Waals surface area contributed by atoms with E-state index < -0.39 is 5.97 Å². The van der Waals surface area contributed by atoms with Gasteiger partial charge in [0.05, 0.1) is 0 Å². The molecule has 1 heterocycles. The summed E-state index contributed by atoms with van der Waals surface area (Å²) in [6.45, 7) is 1.76. The van der Waals surface area contributed by atoms with Crippen molar-refractivity contribution in [2.75, 3.05) is 0 Å². The molecule has 0 unspecified atom stereocenters. The molecule has 0 radical (unpaired) electrons. The first-order chi connectivity index (χ1) is 3.70. The zero-order valence-electron chi connectivity index (χ0n) is 4.55. The SMILES string of the molecule is C[C@H]1C=C(N)C(=O)O1. The van der Waals surface area contributed by atoms with Crippen molar-refractivity contribution in [1.29, 1.82) is 0 Å². The maximum atomic E-state index is 10.4. The Morgan fingerprint density at radius 1 is 1.88 bits per heavy atom. The van der Waals surface area contributed by atoms with Gasteiger partial charge in [-0.15, -0.1) is 0 Å². The number of cyclic esters (lactones) is 1. The highest BCUT2D eigenvalue weighted by Gasteiger charge is 2.18. The number of nitrogens with two attached hydrogens (primary N) is 1. The second-order valence-electron chi connectivity index (χ2n) is 1.73. The molecule has 0 fully saturated rings. The van der Waals surface area contributed by atoms with E-state index in [0.717, 1.165) is 0 Å². The Morgan fingerprint density at radius 3 is 2.62 bits per heavy atom. The average Bonchev–Trinajstić information content (AvgIpc) is 1.85. The van der Waals surface area contributed by atoms with Gasteiger partial charge in [-0.05, 0) is 13.0 Å². The van der Waals surface area contributed by atoms with Crippen LogP contribution in [0.5, 0.6) is 0 Å². The van der Waals surface area contributed by atoms with Gasteiger partial charge in [0.1, 0.15) is 11.8 Å². The molecule has 0 aromatic carbocycles. The molecule has 1 atom stereocenters. The lowest BCUT2D eigenvalue weighted by Gasteiger charge is -1.95.